The van der Waals surface area contributed by atoms with Crippen LogP contribution in [0.5, 0.6) is 17.2 Å². The van der Waals surface area contributed by atoms with Crippen molar-refractivity contribution in [1.29, 1.82) is 0 Å². The summed E-state index contributed by atoms with van der Waals surface area (Å²) in [5.74, 6) is 0.949. The summed E-state index contributed by atoms with van der Waals surface area (Å²) in [5.41, 5.74) is 2.60. The number of pyridine rings is 1. The molecule has 0 spiro atoms. The largest absolute Gasteiger partial charge is 0.506 e. The average molecular weight is 559 g/mol. The maximum Gasteiger partial charge on any atom is 0.264 e. The van der Waals surface area contributed by atoms with Crippen LogP contribution in [-0.2, 0) is 17.6 Å². The number of aromatic amines is 1. The number of rotatable bonds is 10. The van der Waals surface area contributed by atoms with Crippen LogP contribution < -0.4 is 15.0 Å². The first kappa shape index (κ1) is 30.7. The normalized spacial score (nSPS) is 10.9. The molecule has 0 saturated carbocycles. The Balaban J connectivity index is 0.00000226. The minimum Gasteiger partial charge on any atom is -0.506 e. The molecule has 0 unspecified atom stereocenters. The molecule has 216 valence electrons. The highest BCUT2D eigenvalue weighted by molar-refractivity contribution is 6.00. The highest BCUT2D eigenvalue weighted by Gasteiger charge is 2.27. The van der Waals surface area contributed by atoms with E-state index in [0.29, 0.717) is 46.9 Å². The smallest absolute Gasteiger partial charge is 0.264 e. The molecule has 9 heteroatoms. The lowest BCUT2D eigenvalue weighted by molar-refractivity contribution is 0.394. The summed E-state index contributed by atoms with van der Waals surface area (Å²) in [4.78, 5) is 20.3. The van der Waals surface area contributed by atoms with Gasteiger partial charge in [-0.25, -0.2) is 4.68 Å². The Kier molecular flexibility index (Phi) is 10.9. The Labute approximate surface area is 240 Å². The average Bonchev–Trinajstić information content (AvgIpc) is 3.46. The summed E-state index contributed by atoms with van der Waals surface area (Å²) >= 11 is 0. The third kappa shape index (κ3) is 6.87. The van der Waals surface area contributed by atoms with Gasteiger partial charge in [0, 0.05) is 25.4 Å². The van der Waals surface area contributed by atoms with E-state index in [1.165, 1.54) is 21.3 Å². The Morgan fingerprint density at radius 1 is 1.05 bits per heavy atom. The number of aliphatic imine (C=N–C) groups is 1. The Morgan fingerprint density at radius 3 is 2.29 bits per heavy atom. The van der Waals surface area contributed by atoms with E-state index in [0.717, 1.165) is 17.7 Å². The van der Waals surface area contributed by atoms with Gasteiger partial charge in [-0.15, -0.1) is 0 Å². The molecule has 0 atom stereocenters. The number of aromatic hydroxyl groups is 1. The van der Waals surface area contributed by atoms with E-state index in [1.807, 2.05) is 57.3 Å². The monoisotopic (exact) mass is 558 g/mol. The van der Waals surface area contributed by atoms with Crippen molar-refractivity contribution in [3.63, 3.8) is 0 Å². The second-order valence-corrected chi connectivity index (χ2v) is 8.79. The number of nitrogens with zero attached hydrogens (tertiary/aromatic N) is 3. The lowest BCUT2D eigenvalue weighted by Crippen LogP contribution is -2.23. The van der Waals surface area contributed by atoms with E-state index in [9.17, 15) is 9.90 Å². The number of methoxy groups -OCH3 is 2. The number of nitrogens with one attached hydrogen (secondary N) is 1. The van der Waals surface area contributed by atoms with Crippen molar-refractivity contribution < 1.29 is 19.3 Å². The van der Waals surface area contributed by atoms with Crippen molar-refractivity contribution in [3.05, 3.63) is 100 Å². The number of aryl methyl sites for hydroxylation is 1. The molecular weight excluding hydrogens is 520 g/mol. The van der Waals surface area contributed by atoms with E-state index < -0.39 is 5.56 Å². The summed E-state index contributed by atoms with van der Waals surface area (Å²) in [7, 11) is 4.55. The number of ether oxygens (including phenoxy) is 3. The van der Waals surface area contributed by atoms with Crippen molar-refractivity contribution in [1.82, 2.24) is 14.8 Å². The van der Waals surface area contributed by atoms with Crippen LogP contribution in [0, 0.1) is 0 Å². The minimum absolute atomic E-state index is 0.0626. The molecule has 0 fully saturated rings. The van der Waals surface area contributed by atoms with Crippen LogP contribution in [0.2, 0.25) is 0 Å². The molecule has 2 heterocycles. The summed E-state index contributed by atoms with van der Waals surface area (Å²) in [6.07, 6.45) is 5.17. The van der Waals surface area contributed by atoms with Crippen LogP contribution in [0.25, 0.3) is 16.8 Å². The number of para-hydroxylation sites is 1. The Morgan fingerprint density at radius 2 is 1.71 bits per heavy atom. The molecule has 2 aromatic carbocycles. The predicted molar refractivity (Wildman–Crippen MR) is 163 cm³/mol. The van der Waals surface area contributed by atoms with Gasteiger partial charge >= 0.3 is 0 Å². The van der Waals surface area contributed by atoms with Crippen LogP contribution >= 0.6 is 0 Å². The second-order valence-electron chi connectivity index (χ2n) is 8.79. The third-order valence-electron chi connectivity index (χ3n) is 6.16. The Hall–Kier alpha value is -4.79. The first-order valence-corrected chi connectivity index (χ1v) is 13.5. The number of hydrogen-bond acceptors (Lipinski definition) is 7. The molecular formula is C32H38N4O5. The number of H-pyrrole nitrogens is 1. The van der Waals surface area contributed by atoms with E-state index in [-0.39, 0.29) is 17.2 Å². The summed E-state index contributed by atoms with van der Waals surface area (Å²) in [6.45, 7) is 10.00. The second kappa shape index (κ2) is 14.6. The van der Waals surface area contributed by atoms with Gasteiger partial charge in [0.25, 0.3) is 5.56 Å². The molecule has 9 nitrogen and oxygen atoms in total. The summed E-state index contributed by atoms with van der Waals surface area (Å²) < 4.78 is 18.9. The number of hydrogen-bond donors (Lipinski definition) is 2. The van der Waals surface area contributed by atoms with E-state index >= 15 is 0 Å². The fourth-order valence-corrected chi connectivity index (χ4v) is 4.42. The van der Waals surface area contributed by atoms with E-state index in [2.05, 4.69) is 21.7 Å². The standard InChI is InChI=1S/C30H32N4O5.C2H6/c1-6-11-22-25(26-23(37-4)14-10-15-24(26)38-5)28(35)27(29(36)33-22)30(31-3)39-19(2)16-20-17-32-34(18-20)21-12-8-7-9-13-21;1-2/h7-10,12-15,17-18H,2,6,11,16H2,1,3-5H3,(H2,33,35,36);1-2H3. The molecule has 2 N–H and O–H groups in total. The molecule has 0 aliphatic heterocycles. The van der Waals surface area contributed by atoms with Gasteiger partial charge < -0.3 is 24.3 Å². The number of allylic oxidation sites excluding steroid dienone is 1. The van der Waals surface area contributed by atoms with Gasteiger partial charge in [0.2, 0.25) is 5.90 Å². The van der Waals surface area contributed by atoms with Crippen LogP contribution in [0.1, 0.15) is 44.0 Å². The first-order valence-electron chi connectivity index (χ1n) is 13.5. The van der Waals surface area contributed by atoms with Crippen molar-refractivity contribution >= 4 is 5.90 Å². The first-order chi connectivity index (χ1) is 19.9. The summed E-state index contributed by atoms with van der Waals surface area (Å²) in [5, 5.41) is 16.0. The van der Waals surface area contributed by atoms with Gasteiger partial charge in [-0.05, 0) is 36.2 Å². The van der Waals surface area contributed by atoms with Gasteiger partial charge in [0.1, 0.15) is 28.6 Å². The van der Waals surface area contributed by atoms with Crippen molar-refractivity contribution in [2.45, 2.75) is 40.0 Å². The molecule has 4 aromatic rings. The van der Waals surface area contributed by atoms with Crippen molar-refractivity contribution in [3.8, 4) is 34.1 Å². The fraction of sp³-hybridized carbons (Fsp3) is 0.281. The molecule has 0 radical (unpaired) electrons. The third-order valence-corrected chi connectivity index (χ3v) is 6.16. The molecule has 0 aliphatic rings. The van der Waals surface area contributed by atoms with Crippen LogP contribution in [0.3, 0.4) is 0 Å². The molecule has 0 aliphatic carbocycles. The molecule has 0 saturated heterocycles. The van der Waals surface area contributed by atoms with E-state index in [1.54, 1.807) is 29.1 Å². The quantitative estimate of drug-likeness (QED) is 0.139. The highest BCUT2D eigenvalue weighted by Crippen LogP contribution is 2.44. The van der Waals surface area contributed by atoms with Crippen LogP contribution in [0.15, 0.2) is 83.0 Å². The lowest BCUT2D eigenvalue weighted by Gasteiger charge is -2.19. The number of aromatic nitrogens is 3. The zero-order valence-electron chi connectivity index (χ0n) is 24.5. The molecule has 4 rings (SSSR count). The topological polar surface area (TPSA) is 111 Å². The van der Waals surface area contributed by atoms with E-state index in [4.69, 9.17) is 14.2 Å². The minimum atomic E-state index is -0.529. The van der Waals surface area contributed by atoms with Crippen LogP contribution in [0.4, 0.5) is 0 Å². The van der Waals surface area contributed by atoms with Gasteiger partial charge in [-0.3, -0.25) is 9.79 Å². The number of benzene rings is 2. The van der Waals surface area contributed by atoms with Crippen molar-refractivity contribution in [2.24, 2.45) is 4.99 Å². The molecule has 0 amide bonds. The maximum atomic E-state index is 13.2. The van der Waals surface area contributed by atoms with Gasteiger partial charge in [0.05, 0.1) is 37.2 Å². The van der Waals surface area contributed by atoms with Crippen molar-refractivity contribution in [2.75, 3.05) is 21.3 Å². The Bertz CT molecular complexity index is 1530. The zero-order chi connectivity index (χ0) is 29.9. The SMILES string of the molecule is C=C(Cc1cnn(-c2ccccc2)c1)OC(=NC)c1c(O)c(-c2c(OC)cccc2OC)c(CCC)[nH]c1=O.CC. The fourth-order valence-electron chi connectivity index (χ4n) is 4.42. The molecule has 2 aromatic heterocycles. The van der Waals surface area contributed by atoms with Gasteiger partial charge in [0.15, 0.2) is 0 Å². The zero-order valence-corrected chi connectivity index (χ0v) is 24.5. The predicted octanol–water partition coefficient (Wildman–Crippen LogP) is 6.08. The molecule has 41 heavy (non-hydrogen) atoms. The lowest BCUT2D eigenvalue weighted by atomic mass is 9.96. The summed E-state index contributed by atoms with van der Waals surface area (Å²) in [6, 6.07) is 15.0. The molecule has 0 bridgehead atoms. The highest BCUT2D eigenvalue weighted by atomic mass is 16.5. The van der Waals surface area contributed by atoms with Gasteiger partial charge in [-0.1, -0.05) is 58.0 Å². The van der Waals surface area contributed by atoms with Crippen LogP contribution in [-0.4, -0.2) is 47.0 Å². The maximum absolute atomic E-state index is 13.2. The van der Waals surface area contributed by atoms with Gasteiger partial charge in [-0.2, -0.15) is 5.10 Å².